The fourth-order valence-corrected chi connectivity index (χ4v) is 2.60. The van der Waals surface area contributed by atoms with Gasteiger partial charge >= 0.3 is 5.97 Å². The van der Waals surface area contributed by atoms with Crippen LogP contribution in [-0.4, -0.2) is 54.5 Å². The normalized spacial score (nSPS) is 13.9. The van der Waals surface area contributed by atoms with Crippen LogP contribution in [0.2, 0.25) is 5.02 Å². The molecule has 1 rings (SSSR count). The monoisotopic (exact) mass is 334 g/mol. The molecule has 118 valence electrons. The Kier molecular flexibility index (Phi) is 8.06. The van der Waals surface area contributed by atoms with Crippen molar-refractivity contribution in [1.82, 2.24) is 0 Å². The van der Waals surface area contributed by atoms with Gasteiger partial charge in [0.05, 0.1) is 36.0 Å². The molecule has 21 heavy (non-hydrogen) atoms. The second-order valence-electron chi connectivity index (χ2n) is 4.51. The van der Waals surface area contributed by atoms with Gasteiger partial charge in [0.2, 0.25) is 0 Å². The topological polar surface area (TPSA) is 76.0 Å². The minimum atomic E-state index is -1.07. The number of carbonyl (C=O) groups is 1. The molecule has 0 saturated heterocycles. The molecule has 2 unspecified atom stereocenters. The highest BCUT2D eigenvalue weighted by Crippen LogP contribution is 2.25. The van der Waals surface area contributed by atoms with Crippen LogP contribution >= 0.6 is 23.4 Å². The third kappa shape index (κ3) is 6.67. The van der Waals surface area contributed by atoms with Crippen LogP contribution < -0.4 is 0 Å². The smallest absolute Gasteiger partial charge is 0.337 e. The molecule has 2 atom stereocenters. The average Bonchev–Trinajstić information content (AvgIpc) is 2.44. The van der Waals surface area contributed by atoms with Gasteiger partial charge in [-0.15, -0.1) is 11.8 Å². The summed E-state index contributed by atoms with van der Waals surface area (Å²) in [7, 11) is 1.59. The largest absolute Gasteiger partial charge is 0.478 e. The van der Waals surface area contributed by atoms with Gasteiger partial charge in [-0.25, -0.2) is 4.79 Å². The van der Waals surface area contributed by atoms with Crippen LogP contribution in [0, 0.1) is 0 Å². The lowest BCUT2D eigenvalue weighted by Crippen LogP contribution is -2.24. The van der Waals surface area contributed by atoms with Gasteiger partial charge < -0.3 is 19.7 Å². The number of thioether (sulfide) groups is 1. The number of rotatable bonds is 9. The lowest BCUT2D eigenvalue weighted by atomic mass is 10.2. The predicted octanol–water partition coefficient (Wildman–Crippen LogP) is 2.54. The molecule has 7 heteroatoms. The molecule has 0 heterocycles. The van der Waals surface area contributed by atoms with Crippen molar-refractivity contribution in [2.24, 2.45) is 0 Å². The van der Waals surface area contributed by atoms with E-state index in [2.05, 4.69) is 0 Å². The van der Waals surface area contributed by atoms with Gasteiger partial charge in [-0.1, -0.05) is 11.6 Å². The SMILES string of the molecule is COCC(C)OCC(O)CSc1ccc(Cl)c(C(=O)O)c1. The van der Waals surface area contributed by atoms with Gasteiger partial charge in [-0.2, -0.15) is 0 Å². The van der Waals surface area contributed by atoms with Crippen molar-refractivity contribution in [2.75, 3.05) is 26.1 Å². The minimum absolute atomic E-state index is 0.0566. The van der Waals surface area contributed by atoms with E-state index >= 15 is 0 Å². The van der Waals surface area contributed by atoms with Crippen LogP contribution in [0.4, 0.5) is 0 Å². The van der Waals surface area contributed by atoms with Crippen molar-refractivity contribution in [1.29, 1.82) is 0 Å². The average molecular weight is 335 g/mol. The lowest BCUT2D eigenvalue weighted by molar-refractivity contribution is -0.0257. The van der Waals surface area contributed by atoms with Crippen LogP contribution in [0.15, 0.2) is 23.1 Å². The van der Waals surface area contributed by atoms with Crippen molar-refractivity contribution in [3.8, 4) is 0 Å². The van der Waals surface area contributed by atoms with Gasteiger partial charge in [0.1, 0.15) is 0 Å². The minimum Gasteiger partial charge on any atom is -0.478 e. The maximum atomic E-state index is 11.0. The number of methoxy groups -OCH3 is 1. The number of carboxylic acids is 1. The van der Waals surface area contributed by atoms with E-state index < -0.39 is 12.1 Å². The molecule has 0 amide bonds. The van der Waals surface area contributed by atoms with E-state index in [0.29, 0.717) is 12.4 Å². The van der Waals surface area contributed by atoms with E-state index in [1.165, 1.54) is 23.9 Å². The van der Waals surface area contributed by atoms with Crippen molar-refractivity contribution in [3.63, 3.8) is 0 Å². The molecule has 0 fully saturated rings. The fourth-order valence-electron chi connectivity index (χ4n) is 1.56. The van der Waals surface area contributed by atoms with Crippen LogP contribution in [0.3, 0.4) is 0 Å². The highest BCUT2D eigenvalue weighted by atomic mass is 35.5. The standard InChI is InChI=1S/C14H19ClO5S/c1-9(6-19-2)20-7-10(16)8-21-11-3-4-13(15)12(5-11)14(17)18/h3-5,9-10,16H,6-8H2,1-2H3,(H,17,18). The number of aliphatic hydroxyl groups excluding tert-OH is 1. The Morgan fingerprint density at radius 2 is 2.14 bits per heavy atom. The molecule has 0 radical (unpaired) electrons. The Balaban J connectivity index is 2.44. The van der Waals surface area contributed by atoms with Crippen LogP contribution in [0.5, 0.6) is 0 Å². The summed E-state index contributed by atoms with van der Waals surface area (Å²) >= 11 is 7.15. The molecular formula is C14H19ClO5S. The van der Waals surface area contributed by atoms with Crippen molar-refractivity contribution >= 4 is 29.3 Å². The Morgan fingerprint density at radius 3 is 2.76 bits per heavy atom. The second kappa shape index (κ2) is 9.27. The number of hydrogen-bond donors (Lipinski definition) is 2. The highest BCUT2D eigenvalue weighted by Gasteiger charge is 2.12. The molecular weight excluding hydrogens is 316 g/mol. The highest BCUT2D eigenvalue weighted by molar-refractivity contribution is 7.99. The fraction of sp³-hybridized carbons (Fsp3) is 0.500. The summed E-state index contributed by atoms with van der Waals surface area (Å²) < 4.78 is 10.3. The zero-order valence-corrected chi connectivity index (χ0v) is 13.5. The van der Waals surface area contributed by atoms with Gasteiger partial charge in [0.15, 0.2) is 0 Å². The summed E-state index contributed by atoms with van der Waals surface area (Å²) in [6.07, 6.45) is -0.720. The first-order valence-corrected chi connectivity index (χ1v) is 7.74. The third-order valence-corrected chi connectivity index (χ3v) is 4.05. The molecule has 0 bridgehead atoms. The number of aliphatic hydroxyl groups is 1. The first kappa shape index (κ1) is 18.3. The van der Waals surface area contributed by atoms with Crippen molar-refractivity contribution in [2.45, 2.75) is 24.0 Å². The molecule has 0 spiro atoms. The van der Waals surface area contributed by atoms with Crippen LogP contribution in [0.1, 0.15) is 17.3 Å². The second-order valence-corrected chi connectivity index (χ2v) is 6.01. The Labute approximate surface area is 133 Å². The molecule has 2 N–H and O–H groups in total. The van der Waals surface area contributed by atoms with Crippen molar-refractivity contribution in [3.05, 3.63) is 28.8 Å². The van der Waals surface area contributed by atoms with E-state index in [4.69, 9.17) is 26.2 Å². The summed E-state index contributed by atoms with van der Waals surface area (Å²) in [5.74, 6) is -0.667. The Bertz CT molecular complexity index is 469. The lowest BCUT2D eigenvalue weighted by Gasteiger charge is -2.15. The molecule has 0 aliphatic heterocycles. The first-order valence-electron chi connectivity index (χ1n) is 6.38. The maximum absolute atomic E-state index is 11.0. The number of hydrogen-bond acceptors (Lipinski definition) is 5. The van der Waals surface area contributed by atoms with Gasteiger partial charge in [-0.05, 0) is 25.1 Å². The van der Waals surface area contributed by atoms with Crippen LogP contribution in [0.25, 0.3) is 0 Å². The third-order valence-electron chi connectivity index (χ3n) is 2.59. The number of carboxylic acid groups (broad SMARTS) is 1. The molecule has 0 aliphatic carbocycles. The summed E-state index contributed by atoms with van der Waals surface area (Å²) in [5, 5.41) is 19.0. The maximum Gasteiger partial charge on any atom is 0.337 e. The quantitative estimate of drug-likeness (QED) is 0.676. The summed E-state index contributed by atoms with van der Waals surface area (Å²) in [6, 6.07) is 4.76. The van der Waals surface area contributed by atoms with Crippen molar-refractivity contribution < 1.29 is 24.5 Å². The first-order chi connectivity index (χ1) is 9.93. The van der Waals surface area contributed by atoms with E-state index in [-0.39, 0.29) is 23.3 Å². The molecule has 1 aromatic rings. The van der Waals surface area contributed by atoms with E-state index in [1.54, 1.807) is 13.2 Å². The van der Waals surface area contributed by atoms with E-state index in [0.717, 1.165) is 4.90 Å². The zero-order valence-electron chi connectivity index (χ0n) is 11.9. The Hall–Kier alpha value is -0.790. The van der Waals surface area contributed by atoms with E-state index in [9.17, 15) is 9.90 Å². The van der Waals surface area contributed by atoms with Gasteiger partial charge in [-0.3, -0.25) is 0 Å². The van der Waals surface area contributed by atoms with E-state index in [1.807, 2.05) is 6.92 Å². The van der Waals surface area contributed by atoms with Gasteiger partial charge in [0.25, 0.3) is 0 Å². The number of aromatic carboxylic acids is 1. The van der Waals surface area contributed by atoms with Gasteiger partial charge in [0, 0.05) is 17.8 Å². The number of halogens is 1. The molecule has 0 aromatic heterocycles. The zero-order chi connectivity index (χ0) is 15.8. The number of ether oxygens (including phenoxy) is 2. The summed E-state index contributed by atoms with van der Waals surface area (Å²) in [4.78, 5) is 11.7. The summed E-state index contributed by atoms with van der Waals surface area (Å²) in [5.41, 5.74) is 0.0566. The number of benzene rings is 1. The molecule has 0 saturated carbocycles. The predicted molar refractivity (Wildman–Crippen MR) is 82.4 cm³/mol. The molecule has 1 aromatic carbocycles. The Morgan fingerprint density at radius 1 is 1.43 bits per heavy atom. The summed E-state index contributed by atoms with van der Waals surface area (Å²) in [6.45, 7) is 2.54. The van der Waals surface area contributed by atoms with Crippen LogP contribution in [-0.2, 0) is 9.47 Å². The molecule has 0 aliphatic rings. The molecule has 5 nitrogen and oxygen atoms in total.